The molecule has 0 aromatic heterocycles. The molecule has 0 saturated heterocycles. The van der Waals surface area contributed by atoms with E-state index in [2.05, 4.69) is 32.4 Å². The molecule has 0 saturated carbocycles. The molecule has 0 amide bonds. The Hall–Kier alpha value is -1.94. The number of methoxy groups -OCH3 is 3. The van der Waals surface area contributed by atoms with Crippen molar-refractivity contribution in [2.75, 3.05) is 34.9 Å². The van der Waals surface area contributed by atoms with Crippen LogP contribution < -0.4 is 14.2 Å². The van der Waals surface area contributed by atoms with E-state index in [4.69, 9.17) is 14.2 Å². The Labute approximate surface area is 134 Å². The fourth-order valence-electron chi connectivity index (χ4n) is 2.30. The number of allylic oxidation sites excluding steroid dienone is 2. The van der Waals surface area contributed by atoms with Crippen LogP contribution in [0.5, 0.6) is 17.2 Å². The maximum Gasteiger partial charge on any atom is 0.203 e. The van der Waals surface area contributed by atoms with Crippen LogP contribution >= 0.6 is 0 Å². The lowest BCUT2D eigenvalue weighted by molar-refractivity contribution is 0.319. The predicted molar refractivity (Wildman–Crippen MR) is 91.0 cm³/mol. The van der Waals surface area contributed by atoms with Crippen molar-refractivity contribution in [2.45, 2.75) is 20.4 Å². The first-order chi connectivity index (χ1) is 10.5. The summed E-state index contributed by atoms with van der Waals surface area (Å²) in [4.78, 5) is 2.24. The number of benzene rings is 1. The summed E-state index contributed by atoms with van der Waals surface area (Å²) in [7, 11) is 6.96. The van der Waals surface area contributed by atoms with E-state index in [1.54, 1.807) is 21.3 Å². The van der Waals surface area contributed by atoms with E-state index in [1.807, 2.05) is 18.2 Å². The van der Waals surface area contributed by atoms with Gasteiger partial charge in [0.05, 0.1) is 21.3 Å². The van der Waals surface area contributed by atoms with Gasteiger partial charge in [-0.15, -0.1) is 0 Å². The third kappa shape index (κ3) is 4.53. The first-order valence-corrected chi connectivity index (χ1v) is 7.23. The van der Waals surface area contributed by atoms with E-state index >= 15 is 0 Å². The molecule has 1 aromatic carbocycles. The molecule has 0 bridgehead atoms. The van der Waals surface area contributed by atoms with Crippen molar-refractivity contribution >= 4 is 0 Å². The minimum absolute atomic E-state index is 0.620. The second-order valence-corrected chi connectivity index (χ2v) is 5.37. The average molecular weight is 305 g/mol. The van der Waals surface area contributed by atoms with E-state index in [9.17, 15) is 0 Å². The summed E-state index contributed by atoms with van der Waals surface area (Å²) >= 11 is 0. The normalized spacial score (nSPS) is 12.0. The zero-order valence-corrected chi connectivity index (χ0v) is 14.5. The van der Waals surface area contributed by atoms with Crippen LogP contribution in [0.3, 0.4) is 0 Å². The van der Waals surface area contributed by atoms with Gasteiger partial charge in [0, 0.05) is 13.1 Å². The summed E-state index contributed by atoms with van der Waals surface area (Å²) in [5.74, 6) is 1.98. The molecule has 22 heavy (non-hydrogen) atoms. The second kappa shape index (κ2) is 8.49. The zero-order valence-electron chi connectivity index (χ0n) is 14.5. The molecule has 0 unspecified atom stereocenters. The first-order valence-electron chi connectivity index (χ1n) is 7.23. The highest BCUT2D eigenvalue weighted by molar-refractivity contribution is 5.53. The van der Waals surface area contributed by atoms with Gasteiger partial charge in [-0.2, -0.15) is 0 Å². The van der Waals surface area contributed by atoms with Gasteiger partial charge in [0.15, 0.2) is 11.5 Å². The molecule has 0 atom stereocenters. The van der Waals surface area contributed by atoms with Crippen molar-refractivity contribution in [3.8, 4) is 17.2 Å². The van der Waals surface area contributed by atoms with Crippen LogP contribution in [0, 0.1) is 0 Å². The van der Waals surface area contributed by atoms with Gasteiger partial charge in [-0.1, -0.05) is 23.8 Å². The molecule has 4 heteroatoms. The van der Waals surface area contributed by atoms with Gasteiger partial charge >= 0.3 is 0 Å². The van der Waals surface area contributed by atoms with Crippen LogP contribution in [0.2, 0.25) is 0 Å². The quantitative estimate of drug-likeness (QED) is 0.686. The maximum atomic E-state index is 5.39. The van der Waals surface area contributed by atoms with Gasteiger partial charge in [0.25, 0.3) is 0 Å². The van der Waals surface area contributed by atoms with E-state index in [0.29, 0.717) is 17.2 Å². The third-order valence-corrected chi connectivity index (χ3v) is 3.66. The van der Waals surface area contributed by atoms with E-state index in [0.717, 1.165) is 18.7 Å². The van der Waals surface area contributed by atoms with Crippen molar-refractivity contribution in [2.24, 2.45) is 0 Å². The molecule has 4 nitrogen and oxygen atoms in total. The van der Waals surface area contributed by atoms with Crippen LogP contribution in [0.25, 0.3) is 0 Å². The fourth-order valence-corrected chi connectivity index (χ4v) is 2.30. The highest BCUT2D eigenvalue weighted by Crippen LogP contribution is 2.38. The Bertz CT molecular complexity index is 524. The molecule has 0 fully saturated rings. The van der Waals surface area contributed by atoms with Crippen molar-refractivity contribution in [3.63, 3.8) is 0 Å². The summed E-state index contributed by atoms with van der Waals surface area (Å²) in [5.41, 5.74) is 3.64. The van der Waals surface area contributed by atoms with Crippen molar-refractivity contribution in [3.05, 3.63) is 41.5 Å². The van der Waals surface area contributed by atoms with Gasteiger partial charge in [0.1, 0.15) is 0 Å². The highest BCUT2D eigenvalue weighted by atomic mass is 16.5. The van der Waals surface area contributed by atoms with Crippen molar-refractivity contribution < 1.29 is 14.2 Å². The Morgan fingerprint density at radius 1 is 1.09 bits per heavy atom. The minimum atomic E-state index is 0.620. The number of rotatable bonds is 8. The van der Waals surface area contributed by atoms with Gasteiger partial charge in [-0.3, -0.25) is 4.90 Å². The van der Waals surface area contributed by atoms with Crippen molar-refractivity contribution in [1.82, 2.24) is 4.90 Å². The van der Waals surface area contributed by atoms with Gasteiger partial charge in [-0.05, 0) is 38.6 Å². The van der Waals surface area contributed by atoms with Gasteiger partial charge in [-0.25, -0.2) is 0 Å². The Morgan fingerprint density at radius 2 is 1.64 bits per heavy atom. The molecular weight excluding hydrogens is 278 g/mol. The number of hydrogen-bond donors (Lipinski definition) is 0. The maximum absolute atomic E-state index is 5.39. The topological polar surface area (TPSA) is 30.9 Å². The fraction of sp³-hybridized carbons (Fsp3) is 0.444. The van der Waals surface area contributed by atoms with Crippen LogP contribution in [-0.2, 0) is 6.54 Å². The van der Waals surface area contributed by atoms with Crippen LogP contribution in [0.1, 0.15) is 19.4 Å². The monoisotopic (exact) mass is 305 g/mol. The lowest BCUT2D eigenvalue weighted by atomic mass is 10.1. The average Bonchev–Trinajstić information content (AvgIpc) is 2.52. The second-order valence-electron chi connectivity index (χ2n) is 5.37. The third-order valence-electron chi connectivity index (χ3n) is 3.66. The summed E-state index contributed by atoms with van der Waals surface area (Å²) < 4.78 is 16.1. The minimum Gasteiger partial charge on any atom is -0.493 e. The number of likely N-dealkylation sites (N-methyl/N-ethyl adjacent to an activating group) is 1. The smallest absolute Gasteiger partial charge is 0.203 e. The molecule has 0 spiro atoms. The highest BCUT2D eigenvalue weighted by Gasteiger charge is 2.14. The van der Waals surface area contributed by atoms with Crippen LogP contribution in [0.15, 0.2) is 35.9 Å². The van der Waals surface area contributed by atoms with E-state index < -0.39 is 0 Å². The zero-order chi connectivity index (χ0) is 16.7. The molecule has 1 rings (SSSR count). The number of hydrogen-bond acceptors (Lipinski definition) is 4. The molecule has 0 N–H and O–H groups in total. The summed E-state index contributed by atoms with van der Waals surface area (Å²) in [6.45, 7) is 9.69. The number of ether oxygens (including phenoxy) is 3. The standard InChI is InChI=1S/C18H27NO3/c1-8-13(2)14(3)11-19(4)12-15-9-16(20-5)18(22-7)17(10-15)21-6/h8-10H,1,11-12H2,2-7H3/b14-13-. The summed E-state index contributed by atoms with van der Waals surface area (Å²) in [6, 6.07) is 3.97. The summed E-state index contributed by atoms with van der Waals surface area (Å²) in [5, 5.41) is 0. The predicted octanol–water partition coefficient (Wildman–Crippen LogP) is 3.67. The molecule has 0 aliphatic carbocycles. The lowest BCUT2D eigenvalue weighted by Gasteiger charge is -2.20. The van der Waals surface area contributed by atoms with E-state index in [1.165, 1.54) is 11.1 Å². The SMILES string of the molecule is C=C/C(C)=C(/C)CN(C)Cc1cc(OC)c(OC)c(OC)c1. The van der Waals surface area contributed by atoms with Crippen LogP contribution in [0.4, 0.5) is 0 Å². The van der Waals surface area contributed by atoms with E-state index in [-0.39, 0.29) is 0 Å². The van der Waals surface area contributed by atoms with Gasteiger partial charge in [0.2, 0.25) is 5.75 Å². The van der Waals surface area contributed by atoms with Crippen LogP contribution in [-0.4, -0.2) is 39.8 Å². The van der Waals surface area contributed by atoms with Crippen molar-refractivity contribution in [1.29, 1.82) is 0 Å². The Balaban J connectivity index is 2.96. The molecule has 1 aromatic rings. The molecule has 0 aliphatic heterocycles. The molecule has 0 aliphatic rings. The summed E-state index contributed by atoms with van der Waals surface area (Å²) in [6.07, 6.45) is 1.89. The Morgan fingerprint density at radius 3 is 2.05 bits per heavy atom. The molecule has 0 radical (unpaired) electrons. The molecule has 122 valence electrons. The number of nitrogens with zero attached hydrogens (tertiary/aromatic N) is 1. The molecular formula is C18H27NO3. The molecule has 0 heterocycles. The Kier molecular flexibility index (Phi) is 6.99. The largest absolute Gasteiger partial charge is 0.493 e. The first kappa shape index (κ1) is 18.1. The lowest BCUT2D eigenvalue weighted by Crippen LogP contribution is -2.20. The van der Waals surface area contributed by atoms with Gasteiger partial charge < -0.3 is 14.2 Å².